The summed E-state index contributed by atoms with van der Waals surface area (Å²) >= 11 is 1.47. The van der Waals surface area contributed by atoms with E-state index in [9.17, 15) is 13.2 Å². The van der Waals surface area contributed by atoms with Crippen LogP contribution in [0.5, 0.6) is 0 Å². The average Bonchev–Trinajstić information content (AvgIpc) is 3.29. The third kappa shape index (κ3) is 4.01. The van der Waals surface area contributed by atoms with Gasteiger partial charge in [-0.2, -0.15) is 4.99 Å². The van der Waals surface area contributed by atoms with Gasteiger partial charge in [-0.25, -0.2) is 8.42 Å². The van der Waals surface area contributed by atoms with Gasteiger partial charge in [0.25, 0.3) is 0 Å². The Labute approximate surface area is 171 Å². The lowest BCUT2D eigenvalue weighted by molar-refractivity contribution is -0.118. The zero-order valence-electron chi connectivity index (χ0n) is 16.6. The average molecular weight is 421 g/mol. The normalized spacial score (nSPS) is 28.2. The van der Waals surface area contributed by atoms with Crippen molar-refractivity contribution in [3.63, 3.8) is 0 Å². The van der Waals surface area contributed by atoms with Gasteiger partial charge in [0.15, 0.2) is 15.0 Å². The fraction of sp³-hybridized carbons (Fsp3) is 0.619. The van der Waals surface area contributed by atoms with Crippen molar-refractivity contribution in [2.75, 3.05) is 16.4 Å². The summed E-state index contributed by atoms with van der Waals surface area (Å²) in [5.74, 6) is 0.889. The Bertz CT molecular complexity index is 884. The van der Waals surface area contributed by atoms with Gasteiger partial charge in [0.05, 0.1) is 17.5 Å². The Morgan fingerprint density at radius 2 is 1.86 bits per heavy atom. The van der Waals surface area contributed by atoms with E-state index in [0.717, 1.165) is 23.2 Å². The highest BCUT2D eigenvalue weighted by Gasteiger charge is 2.49. The summed E-state index contributed by atoms with van der Waals surface area (Å²) in [5.41, 5.74) is 3.16. The number of aryl methyl sites for hydroxylation is 2. The number of hydrogen-bond acceptors (Lipinski definition) is 4. The van der Waals surface area contributed by atoms with Crippen LogP contribution in [0.25, 0.3) is 0 Å². The number of amidine groups is 1. The molecule has 3 aliphatic rings. The summed E-state index contributed by atoms with van der Waals surface area (Å²) in [6.45, 7) is 4.06. The van der Waals surface area contributed by atoms with Gasteiger partial charge in [-0.1, -0.05) is 55.6 Å². The van der Waals surface area contributed by atoms with Crippen LogP contribution in [-0.4, -0.2) is 42.3 Å². The lowest BCUT2D eigenvalue weighted by Crippen LogP contribution is -2.38. The number of benzene rings is 1. The van der Waals surface area contributed by atoms with Crippen LogP contribution in [0, 0.1) is 19.8 Å². The summed E-state index contributed by atoms with van der Waals surface area (Å²) in [7, 11) is -3.05. The van der Waals surface area contributed by atoms with Crippen LogP contribution < -0.4 is 4.90 Å². The molecule has 1 saturated carbocycles. The first kappa shape index (κ1) is 20.0. The van der Waals surface area contributed by atoms with Crippen LogP contribution in [0.4, 0.5) is 5.69 Å². The van der Waals surface area contributed by atoms with Crippen molar-refractivity contribution in [1.82, 2.24) is 0 Å². The van der Waals surface area contributed by atoms with Gasteiger partial charge in [-0.05, 0) is 37.3 Å². The highest BCUT2D eigenvalue weighted by molar-refractivity contribution is 8.16. The Morgan fingerprint density at radius 3 is 2.54 bits per heavy atom. The fourth-order valence-corrected chi connectivity index (χ4v) is 8.72. The SMILES string of the molecule is Cc1cccc(C)c1N1C(=NC(=O)CCC2CCCC2)S[C@H]2CS(=O)(=O)C[C@H]21. The van der Waals surface area contributed by atoms with Crippen molar-refractivity contribution >= 4 is 38.4 Å². The first-order valence-electron chi connectivity index (χ1n) is 10.2. The number of rotatable bonds is 4. The molecule has 0 aromatic heterocycles. The van der Waals surface area contributed by atoms with Crippen molar-refractivity contribution < 1.29 is 13.2 Å². The van der Waals surface area contributed by atoms with Gasteiger partial charge in [0.2, 0.25) is 5.91 Å². The lowest BCUT2D eigenvalue weighted by atomic mass is 10.0. The molecule has 1 aromatic rings. The molecule has 2 atom stereocenters. The van der Waals surface area contributed by atoms with Gasteiger partial charge in [0, 0.05) is 17.4 Å². The highest BCUT2D eigenvalue weighted by Crippen LogP contribution is 2.43. The smallest absolute Gasteiger partial charge is 0.248 e. The number of carbonyl (C=O) groups excluding carboxylic acids is 1. The molecule has 0 radical (unpaired) electrons. The van der Waals surface area contributed by atoms with E-state index in [2.05, 4.69) is 4.99 Å². The summed E-state index contributed by atoms with van der Waals surface area (Å²) in [6, 6.07) is 5.92. The van der Waals surface area contributed by atoms with Gasteiger partial charge in [-0.15, -0.1) is 0 Å². The molecule has 1 aromatic carbocycles. The number of para-hydroxylation sites is 1. The van der Waals surface area contributed by atoms with Gasteiger partial charge in [-0.3, -0.25) is 4.79 Å². The van der Waals surface area contributed by atoms with E-state index in [1.807, 2.05) is 36.9 Å². The molecule has 0 unspecified atom stereocenters. The topological polar surface area (TPSA) is 66.8 Å². The molecule has 0 N–H and O–H groups in total. The van der Waals surface area contributed by atoms with Gasteiger partial charge >= 0.3 is 0 Å². The second-order valence-electron chi connectivity index (χ2n) is 8.39. The van der Waals surface area contributed by atoms with Crippen LogP contribution in [0.2, 0.25) is 0 Å². The molecule has 2 aliphatic heterocycles. The summed E-state index contributed by atoms with van der Waals surface area (Å²) in [5, 5.41) is 0.629. The zero-order valence-corrected chi connectivity index (χ0v) is 18.2. The minimum Gasteiger partial charge on any atom is -0.315 e. The number of hydrogen-bond donors (Lipinski definition) is 0. The molecule has 3 fully saturated rings. The minimum absolute atomic E-state index is 0.0506. The molecule has 1 aliphatic carbocycles. The molecule has 4 rings (SSSR count). The number of nitrogens with zero attached hydrogens (tertiary/aromatic N) is 2. The third-order valence-electron chi connectivity index (χ3n) is 6.21. The first-order chi connectivity index (χ1) is 13.3. The van der Waals surface area contributed by atoms with E-state index in [4.69, 9.17) is 0 Å². The first-order valence-corrected chi connectivity index (χ1v) is 12.9. The molecule has 2 heterocycles. The van der Waals surface area contributed by atoms with E-state index in [1.165, 1.54) is 37.4 Å². The molecule has 0 bridgehead atoms. The number of thioether (sulfide) groups is 1. The van der Waals surface area contributed by atoms with E-state index in [0.29, 0.717) is 17.5 Å². The zero-order chi connectivity index (χ0) is 19.9. The second-order valence-corrected chi connectivity index (χ2v) is 11.7. The van der Waals surface area contributed by atoms with Gasteiger partial charge in [0.1, 0.15) is 0 Å². The largest absolute Gasteiger partial charge is 0.315 e. The minimum atomic E-state index is -3.05. The van der Waals surface area contributed by atoms with Crippen molar-refractivity contribution in [2.24, 2.45) is 10.9 Å². The van der Waals surface area contributed by atoms with Crippen LogP contribution in [-0.2, 0) is 14.6 Å². The van der Waals surface area contributed by atoms with Crippen LogP contribution in [0.15, 0.2) is 23.2 Å². The van der Waals surface area contributed by atoms with Crippen molar-refractivity contribution in [3.05, 3.63) is 29.3 Å². The maximum atomic E-state index is 12.6. The second kappa shape index (κ2) is 7.82. The molecular formula is C21H28N2O3S2. The van der Waals surface area contributed by atoms with Crippen LogP contribution >= 0.6 is 11.8 Å². The molecule has 28 heavy (non-hydrogen) atoms. The number of anilines is 1. The van der Waals surface area contributed by atoms with Gasteiger partial charge < -0.3 is 4.90 Å². The molecule has 2 saturated heterocycles. The van der Waals surface area contributed by atoms with E-state index in [-0.39, 0.29) is 28.7 Å². The Morgan fingerprint density at radius 1 is 1.18 bits per heavy atom. The predicted octanol–water partition coefficient (Wildman–Crippen LogP) is 3.88. The summed E-state index contributed by atoms with van der Waals surface area (Å²) < 4.78 is 24.4. The van der Waals surface area contributed by atoms with Crippen LogP contribution in [0.1, 0.15) is 49.7 Å². The highest BCUT2D eigenvalue weighted by atomic mass is 32.2. The van der Waals surface area contributed by atoms with E-state index in [1.54, 1.807) is 0 Å². The molecule has 5 nitrogen and oxygen atoms in total. The molecule has 1 amide bonds. The quantitative estimate of drug-likeness (QED) is 0.740. The molecule has 152 valence electrons. The fourth-order valence-electron chi connectivity index (χ4n) is 4.80. The van der Waals surface area contributed by atoms with Crippen LogP contribution in [0.3, 0.4) is 0 Å². The molecular weight excluding hydrogens is 392 g/mol. The van der Waals surface area contributed by atoms with E-state index >= 15 is 0 Å². The van der Waals surface area contributed by atoms with Crippen molar-refractivity contribution in [2.45, 2.75) is 63.7 Å². The summed E-state index contributed by atoms with van der Waals surface area (Å²) in [6.07, 6.45) is 6.43. The molecule has 0 spiro atoms. The number of sulfone groups is 1. The number of aliphatic imine (C=N–C) groups is 1. The Balaban J connectivity index is 1.61. The van der Waals surface area contributed by atoms with Crippen molar-refractivity contribution in [1.29, 1.82) is 0 Å². The van der Waals surface area contributed by atoms with E-state index < -0.39 is 9.84 Å². The lowest BCUT2D eigenvalue weighted by Gasteiger charge is -2.28. The van der Waals surface area contributed by atoms with Crippen molar-refractivity contribution in [3.8, 4) is 0 Å². The third-order valence-corrected chi connectivity index (χ3v) is 9.42. The monoisotopic (exact) mass is 420 g/mol. The maximum Gasteiger partial charge on any atom is 0.248 e. The Kier molecular flexibility index (Phi) is 5.58. The number of carbonyl (C=O) groups is 1. The predicted molar refractivity (Wildman–Crippen MR) is 116 cm³/mol. The standard InChI is InChI=1S/C21H28N2O3S2/c1-14-6-5-7-15(2)20(14)23-17-12-28(25,26)13-18(17)27-21(23)22-19(24)11-10-16-8-3-4-9-16/h5-7,16-18H,3-4,8-13H2,1-2H3/t17-,18+/m1/s1. The number of amides is 1. The maximum absolute atomic E-state index is 12.6. The number of fused-ring (bicyclic) bond motifs is 1. The molecule has 7 heteroatoms. The summed E-state index contributed by atoms with van der Waals surface area (Å²) in [4.78, 5) is 19.1. The Hall–Kier alpha value is -1.34.